The highest BCUT2D eigenvalue weighted by Gasteiger charge is 2.57. The summed E-state index contributed by atoms with van der Waals surface area (Å²) in [6.07, 6.45) is -14.0. The van der Waals surface area contributed by atoms with Crippen LogP contribution in [0.3, 0.4) is 0 Å². The first-order chi connectivity index (χ1) is 50.6. The zero-order valence-electron chi connectivity index (χ0n) is 60.5. The second kappa shape index (κ2) is 38.2. The van der Waals surface area contributed by atoms with Crippen LogP contribution in [0.2, 0.25) is 0 Å². The first kappa shape index (κ1) is 76.9. The predicted molar refractivity (Wildman–Crippen MR) is 384 cm³/mol. The molecular formula is C84H99NO19. The van der Waals surface area contributed by atoms with Crippen LogP contribution in [0, 0.1) is 41.4 Å². The Bertz CT molecular complexity index is 3720. The van der Waals surface area contributed by atoms with E-state index in [2.05, 4.69) is 27.7 Å². The molecule has 8 unspecified atom stereocenters. The molecule has 0 N–H and O–H groups in total. The minimum atomic E-state index is -1.55. The smallest absolute Gasteiger partial charge is 0.410 e. The van der Waals surface area contributed by atoms with Crippen LogP contribution in [0.5, 0.6) is 0 Å². The molecule has 554 valence electrons. The van der Waals surface area contributed by atoms with Crippen molar-refractivity contribution < 1.29 is 90.2 Å². The lowest BCUT2D eigenvalue weighted by Gasteiger charge is -2.51. The Hall–Kier alpha value is -8.22. The fourth-order valence-corrected chi connectivity index (χ4v) is 13.8. The van der Waals surface area contributed by atoms with Gasteiger partial charge >= 0.3 is 24.0 Å². The lowest BCUT2D eigenvalue weighted by molar-refractivity contribution is -0.366. The molecule has 20 nitrogen and oxygen atoms in total. The SMILES string of the molecule is COC(=O)C1O[C@@H](O[C@@H]2C(COCc3ccccc3)O[C@@H](OCCN(Cc3ccccc3)C(=O)OCc3ccccc3)C(OC(=O)c3ccccc3)[C@H]2C)C(OC(=O)c2ccccc2)[C@@H](C)[C@@H]1O[C@H]1OC(COCc2ccccc2)[C@H](O[C@H]2OC(COCc3ccccc3)[C@@H](C)[C@H](C)C2C)[C@H](C)C1C. The number of rotatable bonds is 31. The van der Waals surface area contributed by atoms with E-state index in [9.17, 15) is 19.2 Å². The highest BCUT2D eigenvalue weighted by Crippen LogP contribution is 2.44. The molecule has 4 saturated heterocycles. The summed E-state index contributed by atoms with van der Waals surface area (Å²) in [5.74, 6) is -4.24. The van der Waals surface area contributed by atoms with Crippen molar-refractivity contribution in [2.75, 3.05) is 40.1 Å². The second-order valence-corrected chi connectivity index (χ2v) is 27.7. The van der Waals surface area contributed by atoms with Crippen molar-refractivity contribution in [1.82, 2.24) is 4.90 Å². The Morgan fingerprint density at radius 3 is 1.22 bits per heavy atom. The Labute approximate surface area is 610 Å². The summed E-state index contributed by atoms with van der Waals surface area (Å²) in [5, 5.41) is 0. The van der Waals surface area contributed by atoms with Crippen LogP contribution in [0.1, 0.15) is 97.0 Å². The summed E-state index contributed by atoms with van der Waals surface area (Å²) in [4.78, 5) is 59.3. The number of hydrogen-bond donors (Lipinski definition) is 0. The van der Waals surface area contributed by atoms with Gasteiger partial charge in [0.2, 0.25) is 0 Å². The van der Waals surface area contributed by atoms with Crippen LogP contribution < -0.4 is 0 Å². The maximum absolute atomic E-state index is 14.7. The number of hydrogen-bond acceptors (Lipinski definition) is 19. The molecule has 4 aliphatic heterocycles. The predicted octanol–water partition coefficient (Wildman–Crippen LogP) is 13.6. The molecule has 4 aliphatic rings. The third kappa shape index (κ3) is 20.4. The van der Waals surface area contributed by atoms with E-state index in [4.69, 9.17) is 71.1 Å². The van der Waals surface area contributed by atoms with Gasteiger partial charge in [-0.15, -0.1) is 0 Å². The summed E-state index contributed by atoms with van der Waals surface area (Å²) < 4.78 is 99.9. The Balaban J connectivity index is 0.880. The number of methoxy groups -OCH3 is 1. The molecule has 104 heavy (non-hydrogen) atoms. The number of nitrogens with zero attached hydrogens (tertiary/aromatic N) is 1. The van der Waals surface area contributed by atoms with E-state index in [1.807, 2.05) is 166 Å². The quantitative estimate of drug-likeness (QED) is 0.0292. The van der Waals surface area contributed by atoms with E-state index in [1.165, 1.54) is 12.0 Å². The molecule has 7 aromatic rings. The van der Waals surface area contributed by atoms with Crippen LogP contribution >= 0.6 is 0 Å². The summed E-state index contributed by atoms with van der Waals surface area (Å²) in [7, 11) is 1.25. The van der Waals surface area contributed by atoms with Crippen molar-refractivity contribution in [3.8, 4) is 0 Å². The fourth-order valence-electron chi connectivity index (χ4n) is 13.8. The van der Waals surface area contributed by atoms with E-state index in [0.717, 1.165) is 27.8 Å². The summed E-state index contributed by atoms with van der Waals surface area (Å²) in [6, 6.07) is 65.4. The molecule has 1 amide bonds. The molecule has 0 bridgehead atoms. The maximum atomic E-state index is 14.7. The topological polar surface area (TPSA) is 210 Å². The molecule has 4 heterocycles. The van der Waals surface area contributed by atoms with Gasteiger partial charge in [-0.05, 0) is 69.8 Å². The molecule has 0 aliphatic carbocycles. The van der Waals surface area contributed by atoms with E-state index in [1.54, 1.807) is 67.6 Å². The number of carbonyl (C=O) groups is 4. The van der Waals surface area contributed by atoms with E-state index in [-0.39, 0.29) is 87.0 Å². The van der Waals surface area contributed by atoms with Crippen LogP contribution in [0.25, 0.3) is 0 Å². The van der Waals surface area contributed by atoms with Crippen molar-refractivity contribution in [2.45, 2.75) is 162 Å². The molecule has 20 atom stereocenters. The normalized spacial score (nSPS) is 29.0. The third-order valence-corrected chi connectivity index (χ3v) is 20.6. The Morgan fingerprint density at radius 1 is 0.365 bits per heavy atom. The zero-order chi connectivity index (χ0) is 72.9. The molecule has 20 heteroatoms. The number of carbonyl (C=O) groups excluding carboxylic acids is 4. The first-order valence-corrected chi connectivity index (χ1v) is 36.2. The van der Waals surface area contributed by atoms with Crippen molar-refractivity contribution in [2.24, 2.45) is 41.4 Å². The van der Waals surface area contributed by atoms with Gasteiger partial charge < -0.3 is 76.0 Å². The van der Waals surface area contributed by atoms with Gasteiger partial charge in [0.15, 0.2) is 43.5 Å². The molecule has 0 saturated carbocycles. The van der Waals surface area contributed by atoms with Gasteiger partial charge in [0.25, 0.3) is 0 Å². The third-order valence-electron chi connectivity index (χ3n) is 20.6. The van der Waals surface area contributed by atoms with Gasteiger partial charge in [0.05, 0.1) is 82.8 Å². The Morgan fingerprint density at radius 2 is 0.740 bits per heavy atom. The molecule has 0 aromatic heterocycles. The largest absolute Gasteiger partial charge is 0.467 e. The first-order valence-electron chi connectivity index (χ1n) is 36.2. The molecule has 11 rings (SSSR count). The van der Waals surface area contributed by atoms with Crippen molar-refractivity contribution in [1.29, 1.82) is 0 Å². The molecular weight excluding hydrogens is 1330 g/mol. The van der Waals surface area contributed by atoms with Gasteiger partial charge in [-0.2, -0.15) is 0 Å². The highest BCUT2D eigenvalue weighted by atomic mass is 16.8. The maximum Gasteiger partial charge on any atom is 0.410 e. The average Bonchev–Trinajstić information content (AvgIpc) is 0.760. The lowest BCUT2D eigenvalue weighted by Crippen LogP contribution is -2.64. The Kier molecular flexibility index (Phi) is 28.2. The minimum Gasteiger partial charge on any atom is -0.467 e. The van der Waals surface area contributed by atoms with Gasteiger partial charge in [0.1, 0.15) is 24.9 Å². The van der Waals surface area contributed by atoms with Gasteiger partial charge in [-0.3, -0.25) is 0 Å². The second-order valence-electron chi connectivity index (χ2n) is 27.7. The molecule has 4 fully saturated rings. The highest BCUT2D eigenvalue weighted by molar-refractivity contribution is 5.90. The van der Waals surface area contributed by atoms with Gasteiger partial charge in [0, 0.05) is 36.8 Å². The van der Waals surface area contributed by atoms with Crippen LogP contribution in [0.4, 0.5) is 4.79 Å². The molecule has 0 radical (unpaired) electrons. The number of benzene rings is 7. The van der Waals surface area contributed by atoms with Gasteiger partial charge in [-0.25, -0.2) is 19.2 Å². The number of amides is 1. The monoisotopic (exact) mass is 1430 g/mol. The summed E-state index contributed by atoms with van der Waals surface area (Å²) in [5.41, 5.74) is 5.09. The standard InChI is InChI=1S/C84H99NO19/c1-54-55(2)68(51-91-47-62-32-18-10-19-33-62)96-80(57(54)4)101-71-56(3)58(5)81(97-69(71)52-92-48-63-34-20-11-21-35-63)103-73-60(7)75(100-78(87)67-42-28-15-29-43-67)83(104-76(73)79(88)90-8)102-72-59(6)74(99-77(86)66-40-26-14-27-41-66)82(98-70(72)53-93-49-64-36-22-12-23-37-64)94-45-44-85(46-61-30-16-9-17-31-61)84(89)95-50-65-38-24-13-25-39-65/h9-43,54-60,68-76,80-83H,44-53H2,1-8H3/t54-,55-,56+,57?,58?,59-,60-,68?,69?,70?,71+,72-,73-,74?,75?,76?,80+,81+,82+,83+/m0/s1. The number of ether oxygens (including phenoxy) is 15. The lowest BCUT2D eigenvalue weighted by atomic mass is 9.78. The molecule has 7 aromatic carbocycles. The van der Waals surface area contributed by atoms with Crippen molar-refractivity contribution >= 4 is 24.0 Å². The van der Waals surface area contributed by atoms with Gasteiger partial charge in [-0.1, -0.05) is 237 Å². The van der Waals surface area contributed by atoms with Crippen LogP contribution in [-0.2, 0) is 109 Å². The van der Waals surface area contributed by atoms with Crippen LogP contribution in [-0.4, -0.2) is 149 Å². The molecule has 0 spiro atoms. The summed E-state index contributed by atoms with van der Waals surface area (Å²) >= 11 is 0. The summed E-state index contributed by atoms with van der Waals surface area (Å²) in [6.45, 7) is 15.7. The zero-order valence-corrected chi connectivity index (χ0v) is 60.5. The van der Waals surface area contributed by atoms with E-state index >= 15 is 0 Å². The minimum absolute atomic E-state index is 0.00816. The fraction of sp³-hybridized carbons (Fsp3) is 0.452. The average molecular weight is 1430 g/mol. The van der Waals surface area contributed by atoms with Crippen molar-refractivity contribution in [3.63, 3.8) is 0 Å². The van der Waals surface area contributed by atoms with Crippen LogP contribution in [0.15, 0.2) is 212 Å². The number of esters is 3. The van der Waals surface area contributed by atoms with E-state index in [0.29, 0.717) is 19.8 Å². The van der Waals surface area contributed by atoms with E-state index < -0.39 is 116 Å². The van der Waals surface area contributed by atoms with Crippen molar-refractivity contribution in [3.05, 3.63) is 251 Å².